The van der Waals surface area contributed by atoms with Crippen LogP contribution in [-0.4, -0.2) is 23.2 Å². The zero-order valence-corrected chi connectivity index (χ0v) is 10.7. The molecule has 3 aliphatic rings. The van der Waals surface area contributed by atoms with E-state index < -0.39 is 0 Å². The number of likely N-dealkylation sites (N-methyl/N-ethyl adjacent to an activating group) is 1. The number of fused-ring (bicyclic) bond motifs is 1. The summed E-state index contributed by atoms with van der Waals surface area (Å²) >= 11 is 0. The Labute approximate surface area is 112 Å². The van der Waals surface area contributed by atoms with Gasteiger partial charge in [0.1, 0.15) is 12.6 Å². The molecule has 0 aromatic heterocycles. The Kier molecular flexibility index (Phi) is 2.84. The van der Waals surface area contributed by atoms with E-state index in [1.165, 1.54) is 0 Å². The van der Waals surface area contributed by atoms with Crippen molar-refractivity contribution in [3.63, 3.8) is 0 Å². The first-order chi connectivity index (χ1) is 9.29. The van der Waals surface area contributed by atoms with E-state index in [1.54, 1.807) is 4.58 Å². The number of carbonyl (C=O) groups excluding carboxylic acids is 1. The third-order valence-electron chi connectivity index (χ3n) is 3.34. The van der Waals surface area contributed by atoms with Crippen molar-refractivity contribution in [2.45, 2.75) is 0 Å². The van der Waals surface area contributed by atoms with Crippen molar-refractivity contribution in [1.29, 1.82) is 0 Å². The van der Waals surface area contributed by atoms with Crippen molar-refractivity contribution in [3.8, 4) is 0 Å². The molecule has 19 heavy (non-hydrogen) atoms. The fourth-order valence-electron chi connectivity index (χ4n) is 2.38. The van der Waals surface area contributed by atoms with Crippen LogP contribution in [-0.2, 0) is 4.79 Å². The second-order valence-electron chi connectivity index (χ2n) is 4.51. The van der Waals surface area contributed by atoms with Gasteiger partial charge >= 0.3 is 5.91 Å². The van der Waals surface area contributed by atoms with E-state index >= 15 is 0 Å². The van der Waals surface area contributed by atoms with Crippen LogP contribution in [0, 0.1) is 0 Å². The predicted molar refractivity (Wildman–Crippen MR) is 77.0 cm³/mol. The molecule has 2 heteroatoms. The van der Waals surface area contributed by atoms with Gasteiger partial charge in [0.2, 0.25) is 5.71 Å². The summed E-state index contributed by atoms with van der Waals surface area (Å²) in [6.45, 7) is 0. The molecule has 2 nitrogen and oxygen atoms in total. The first-order valence-electron chi connectivity index (χ1n) is 6.25. The van der Waals surface area contributed by atoms with Gasteiger partial charge in [-0.3, -0.25) is 0 Å². The third-order valence-corrected chi connectivity index (χ3v) is 3.34. The topological polar surface area (TPSA) is 20.1 Å². The van der Waals surface area contributed by atoms with Crippen molar-refractivity contribution in [2.24, 2.45) is 0 Å². The number of carbonyl (C=O) groups is 1. The molecule has 1 amide bonds. The Morgan fingerprint density at radius 1 is 0.842 bits per heavy atom. The van der Waals surface area contributed by atoms with Crippen molar-refractivity contribution < 1.29 is 9.37 Å². The highest BCUT2D eigenvalue weighted by Crippen LogP contribution is 2.27. The van der Waals surface area contributed by atoms with E-state index in [4.69, 9.17) is 0 Å². The van der Waals surface area contributed by atoms with E-state index in [0.29, 0.717) is 0 Å². The normalized spacial score (nSPS) is 20.9. The van der Waals surface area contributed by atoms with Crippen molar-refractivity contribution in [1.82, 2.24) is 0 Å². The second kappa shape index (κ2) is 4.65. The Bertz CT molecular complexity index is 671. The number of amides is 1. The molecule has 3 rings (SSSR count). The van der Waals surface area contributed by atoms with E-state index in [-0.39, 0.29) is 5.91 Å². The maximum atomic E-state index is 12.5. The summed E-state index contributed by atoms with van der Waals surface area (Å²) in [5.41, 5.74) is 3.66. The van der Waals surface area contributed by atoms with Crippen LogP contribution in [0.15, 0.2) is 83.6 Å². The lowest BCUT2D eigenvalue weighted by Gasteiger charge is -1.98. The number of hydrogen-bond donors (Lipinski definition) is 0. The molecule has 0 N–H and O–H groups in total. The lowest BCUT2D eigenvalue weighted by Crippen LogP contribution is -2.14. The van der Waals surface area contributed by atoms with E-state index in [9.17, 15) is 4.79 Å². The molecule has 0 radical (unpaired) electrons. The maximum absolute atomic E-state index is 12.5. The summed E-state index contributed by atoms with van der Waals surface area (Å²) in [5, 5.41) is 0. The number of hydrogen-bond acceptors (Lipinski definition) is 1. The third kappa shape index (κ3) is 1.91. The second-order valence-corrected chi connectivity index (χ2v) is 4.51. The SMILES string of the molecule is C[N+]1=C2C=CC=CC=C2C(=C2C=CC=CC=C2)C1=O. The van der Waals surface area contributed by atoms with Gasteiger partial charge in [-0.2, -0.15) is 4.58 Å². The molecule has 0 atom stereocenters. The minimum atomic E-state index is 0.0485. The Morgan fingerprint density at radius 3 is 2.21 bits per heavy atom. The molecule has 0 saturated heterocycles. The fourth-order valence-corrected chi connectivity index (χ4v) is 2.38. The molecule has 0 bridgehead atoms. The van der Waals surface area contributed by atoms with Crippen molar-refractivity contribution in [3.05, 3.63) is 83.6 Å². The molecule has 0 saturated carbocycles. The molecule has 0 fully saturated rings. The zero-order chi connectivity index (χ0) is 13.2. The summed E-state index contributed by atoms with van der Waals surface area (Å²) < 4.78 is 1.71. The number of nitrogens with zero attached hydrogens (tertiary/aromatic N) is 1. The number of rotatable bonds is 0. The van der Waals surface area contributed by atoms with Gasteiger partial charge in [-0.05, 0) is 11.6 Å². The van der Waals surface area contributed by atoms with Crippen LogP contribution in [0.3, 0.4) is 0 Å². The smallest absolute Gasteiger partial charge is 0.214 e. The highest BCUT2D eigenvalue weighted by Gasteiger charge is 2.38. The van der Waals surface area contributed by atoms with Gasteiger partial charge in [0, 0.05) is 6.08 Å². The average molecular weight is 248 g/mol. The zero-order valence-electron chi connectivity index (χ0n) is 10.7. The average Bonchev–Trinajstić information content (AvgIpc) is 2.73. The van der Waals surface area contributed by atoms with Crippen LogP contribution in [0.2, 0.25) is 0 Å². The Balaban J connectivity index is 2.22. The van der Waals surface area contributed by atoms with E-state index in [1.807, 2.05) is 73.9 Å². The molecule has 2 aliphatic carbocycles. The lowest BCUT2D eigenvalue weighted by atomic mass is 9.97. The molecular weight excluding hydrogens is 234 g/mol. The van der Waals surface area contributed by atoms with E-state index in [0.717, 1.165) is 22.4 Å². The highest BCUT2D eigenvalue weighted by molar-refractivity contribution is 6.22. The van der Waals surface area contributed by atoms with Gasteiger partial charge in [-0.25, -0.2) is 4.79 Å². The van der Waals surface area contributed by atoms with E-state index in [2.05, 4.69) is 0 Å². The molecule has 0 spiro atoms. The van der Waals surface area contributed by atoms with Gasteiger partial charge in [-0.15, -0.1) is 0 Å². The first kappa shape index (κ1) is 11.6. The largest absolute Gasteiger partial charge is 0.421 e. The fraction of sp³-hybridized carbons (Fsp3) is 0.0588. The summed E-state index contributed by atoms with van der Waals surface area (Å²) in [7, 11) is 1.82. The van der Waals surface area contributed by atoms with Gasteiger partial charge in [0.25, 0.3) is 0 Å². The monoisotopic (exact) mass is 248 g/mol. The lowest BCUT2D eigenvalue weighted by molar-refractivity contribution is -0.408. The molecular formula is C17H14NO+. The van der Waals surface area contributed by atoms with Crippen molar-refractivity contribution >= 4 is 11.6 Å². The molecule has 0 unspecified atom stereocenters. The highest BCUT2D eigenvalue weighted by atomic mass is 16.2. The van der Waals surface area contributed by atoms with Crippen LogP contribution in [0.1, 0.15) is 0 Å². The molecule has 0 aromatic rings. The Morgan fingerprint density at radius 2 is 1.47 bits per heavy atom. The van der Waals surface area contributed by atoms with Crippen LogP contribution in [0.25, 0.3) is 0 Å². The van der Waals surface area contributed by atoms with Crippen LogP contribution in [0.5, 0.6) is 0 Å². The molecule has 1 heterocycles. The first-order valence-corrected chi connectivity index (χ1v) is 6.25. The standard InChI is InChI=1S/C17H14NO/c1-18-15-12-8-4-7-11-14(15)16(17(18)19)13-9-5-2-3-6-10-13/h2-12H,1H3/q+1. The van der Waals surface area contributed by atoms with Crippen molar-refractivity contribution in [2.75, 3.05) is 7.05 Å². The summed E-state index contributed by atoms with van der Waals surface area (Å²) in [4.78, 5) is 12.5. The summed E-state index contributed by atoms with van der Waals surface area (Å²) in [5.74, 6) is 0.0485. The van der Waals surface area contributed by atoms with Gasteiger partial charge in [-0.1, -0.05) is 54.7 Å². The molecule has 0 aromatic carbocycles. The molecule has 1 aliphatic heterocycles. The molecule has 92 valence electrons. The van der Waals surface area contributed by atoms with Crippen LogP contribution in [0.4, 0.5) is 0 Å². The van der Waals surface area contributed by atoms with Gasteiger partial charge < -0.3 is 0 Å². The van der Waals surface area contributed by atoms with Crippen LogP contribution >= 0.6 is 0 Å². The number of allylic oxidation sites excluding steroid dienone is 12. The predicted octanol–water partition coefficient (Wildman–Crippen LogP) is 2.64. The van der Waals surface area contributed by atoms with Gasteiger partial charge in [0.05, 0.1) is 5.57 Å². The minimum absolute atomic E-state index is 0.0485. The minimum Gasteiger partial charge on any atom is -0.214 e. The summed E-state index contributed by atoms with van der Waals surface area (Å²) in [6, 6.07) is 0. The van der Waals surface area contributed by atoms with Gasteiger partial charge in [0.15, 0.2) is 0 Å². The summed E-state index contributed by atoms with van der Waals surface area (Å²) in [6.07, 6.45) is 21.6. The Hall–Kier alpha value is -2.48. The quantitative estimate of drug-likeness (QED) is 0.476. The maximum Gasteiger partial charge on any atom is 0.421 e. The van der Waals surface area contributed by atoms with Crippen LogP contribution < -0.4 is 0 Å².